The van der Waals surface area contributed by atoms with Crippen LogP contribution < -0.4 is 0 Å². The molecule has 3 aliphatic rings. The van der Waals surface area contributed by atoms with Gasteiger partial charge in [0.25, 0.3) is 0 Å². The molecule has 0 unspecified atom stereocenters. The summed E-state index contributed by atoms with van der Waals surface area (Å²) in [7, 11) is 25.0. The van der Waals surface area contributed by atoms with Gasteiger partial charge in [-0.15, -0.1) is 0 Å². The fourth-order valence-electron chi connectivity index (χ4n) is 2.32. The van der Waals surface area contributed by atoms with Crippen LogP contribution in [0.15, 0.2) is 0 Å². The normalized spacial score (nSPS) is 14.8. The summed E-state index contributed by atoms with van der Waals surface area (Å²) < 4.78 is 0. The van der Waals surface area contributed by atoms with E-state index >= 15 is 0 Å². The van der Waals surface area contributed by atoms with Crippen molar-refractivity contribution >= 4 is 5.97 Å². The molecule has 3 rings (SSSR count). The summed E-state index contributed by atoms with van der Waals surface area (Å²) in [6, 6.07) is 0. The van der Waals surface area contributed by atoms with Crippen molar-refractivity contribution in [2.45, 2.75) is 51.1 Å². The van der Waals surface area contributed by atoms with E-state index in [4.69, 9.17) is 25.5 Å². The van der Waals surface area contributed by atoms with Gasteiger partial charge in [-0.1, -0.05) is 0 Å². The molecule has 12 nitrogen and oxygen atoms in total. The molecule has 0 aromatic heterocycles. The predicted molar refractivity (Wildman–Crippen MR) is 174 cm³/mol. The van der Waals surface area contributed by atoms with E-state index < -0.39 is 18.5 Å². The van der Waals surface area contributed by atoms with Gasteiger partial charge in [-0.05, 0) is 123 Å². The minimum absolute atomic E-state index is 0. The van der Waals surface area contributed by atoms with E-state index in [9.17, 15) is 4.79 Å². The Bertz CT molecular complexity index is 533. The molecule has 3 radical (unpaired) electrons. The fourth-order valence-corrected chi connectivity index (χ4v) is 2.32. The largest absolute Gasteiger partial charge is 0.481 e. The van der Waals surface area contributed by atoms with Crippen molar-refractivity contribution in [3.05, 3.63) is 0 Å². The first-order chi connectivity index (χ1) is 19.3. The molecule has 289 valence electrons. The number of aliphatic carboxylic acids is 1. The van der Waals surface area contributed by atoms with Crippen LogP contribution in [-0.2, 0) is 71.9 Å². The molecule has 45 heavy (non-hydrogen) atoms. The zero-order valence-electron chi connectivity index (χ0n) is 30.1. The second kappa shape index (κ2) is 36.6. The molecule has 0 aromatic carbocycles. The van der Waals surface area contributed by atoms with Crippen molar-refractivity contribution < 1.29 is 97.5 Å². The van der Waals surface area contributed by atoms with Crippen LogP contribution >= 0.6 is 0 Å². The molecular formula is C30H70Ag3N6O6. The Morgan fingerprint density at radius 1 is 0.467 bits per heavy atom. The Kier molecular flexibility index (Phi) is 47.5. The van der Waals surface area contributed by atoms with Gasteiger partial charge in [0.15, 0.2) is 12.6 Å². The summed E-state index contributed by atoms with van der Waals surface area (Å²) in [6.45, 7) is 6.88. The smallest absolute Gasteiger partial charge is 0.306 e. The first kappa shape index (κ1) is 58.5. The topological polar surface area (TPSA) is 138 Å². The van der Waals surface area contributed by atoms with Gasteiger partial charge in [0.05, 0.1) is 5.92 Å². The van der Waals surface area contributed by atoms with Gasteiger partial charge in [-0.2, -0.15) is 0 Å². The summed E-state index contributed by atoms with van der Waals surface area (Å²) in [5.74, 6) is -0.185. The Balaban J connectivity index is -0.000000100. The fraction of sp³-hybridized carbons (Fsp3) is 0.967. The number of aliphatic hydroxyl groups is 4. The summed E-state index contributed by atoms with van der Waals surface area (Å²) in [4.78, 5) is 22.8. The number of nitrogens with zero attached hydrogens (tertiary/aromatic N) is 6. The van der Waals surface area contributed by atoms with Gasteiger partial charge in [-0.3, -0.25) is 4.79 Å². The summed E-state index contributed by atoms with van der Waals surface area (Å²) >= 11 is 0. The third-order valence-corrected chi connectivity index (χ3v) is 6.00. The van der Waals surface area contributed by atoms with Crippen LogP contribution in [0.1, 0.15) is 38.5 Å². The average Bonchev–Trinajstić information content (AvgIpc) is 3.73. The molecule has 0 bridgehead atoms. The maximum Gasteiger partial charge on any atom is 0.306 e. The molecule has 5 N–H and O–H groups in total. The number of aliphatic hydroxyl groups excluding tert-OH is 2. The Morgan fingerprint density at radius 2 is 0.644 bits per heavy atom. The molecular weight excluding hydrogens is 864 g/mol. The molecule has 3 aliphatic carbocycles. The van der Waals surface area contributed by atoms with E-state index in [1.165, 1.54) is 0 Å². The molecule has 0 aliphatic heterocycles. The second-order valence-corrected chi connectivity index (χ2v) is 12.9. The molecule has 3 saturated carbocycles. The van der Waals surface area contributed by atoms with E-state index in [-0.39, 0.29) is 84.9 Å². The molecule has 0 spiro atoms. The van der Waals surface area contributed by atoms with E-state index in [2.05, 4.69) is 114 Å². The third-order valence-electron chi connectivity index (χ3n) is 6.00. The molecule has 3 fully saturated rings. The minimum Gasteiger partial charge on any atom is -0.481 e. The van der Waals surface area contributed by atoms with Crippen LogP contribution in [0.2, 0.25) is 0 Å². The number of rotatable bonds is 12. The van der Waals surface area contributed by atoms with E-state index in [1.807, 2.05) is 0 Å². The molecule has 0 saturated heterocycles. The summed E-state index contributed by atoms with van der Waals surface area (Å²) in [6.07, 6.45) is 3.71. The third kappa shape index (κ3) is 61.0. The van der Waals surface area contributed by atoms with Gasteiger partial charge < -0.3 is 54.9 Å². The van der Waals surface area contributed by atoms with Crippen LogP contribution in [-0.4, -0.2) is 197 Å². The zero-order chi connectivity index (χ0) is 33.4. The first-order valence-electron chi connectivity index (χ1n) is 15.1. The Morgan fingerprint density at radius 3 is 0.667 bits per heavy atom. The zero-order valence-corrected chi connectivity index (χ0v) is 34.6. The number of carbonyl (C=O) groups is 1. The van der Waals surface area contributed by atoms with Crippen LogP contribution in [0.3, 0.4) is 0 Å². The van der Waals surface area contributed by atoms with Crippen LogP contribution in [0.25, 0.3) is 0 Å². The Hall–Kier alpha value is 1.29. The minimum atomic E-state index is -1.04. The van der Waals surface area contributed by atoms with Gasteiger partial charge in [-0.25, -0.2) is 0 Å². The SMILES string of the molecule is CN(C)CCN(C)C.CN(C)CCN(C)C.CN(C)CCN(C)C.O=C(O)C1CC1.OC(O)C1CC1.OC(O)C1CC1.[Ag].[Ag].[Ag]. The van der Waals surface area contributed by atoms with Crippen molar-refractivity contribution in [2.75, 3.05) is 124 Å². The molecule has 0 atom stereocenters. The maximum atomic E-state index is 9.76. The van der Waals surface area contributed by atoms with Gasteiger partial charge >= 0.3 is 5.97 Å². The first-order valence-corrected chi connectivity index (χ1v) is 15.1. The summed E-state index contributed by atoms with van der Waals surface area (Å²) in [5, 5.41) is 41.0. The monoisotopic (exact) mass is 931 g/mol. The van der Waals surface area contributed by atoms with E-state index in [0.29, 0.717) is 0 Å². The molecule has 0 amide bonds. The Labute approximate surface area is 323 Å². The number of carboxylic acids is 1. The van der Waals surface area contributed by atoms with E-state index in [0.717, 1.165) is 77.8 Å². The predicted octanol–water partition coefficient (Wildman–Crippen LogP) is 0.217. The van der Waals surface area contributed by atoms with Crippen molar-refractivity contribution in [3.63, 3.8) is 0 Å². The van der Waals surface area contributed by atoms with Crippen LogP contribution in [0.5, 0.6) is 0 Å². The van der Waals surface area contributed by atoms with Crippen molar-refractivity contribution in [3.8, 4) is 0 Å². The quantitative estimate of drug-likeness (QED) is 0.135. The van der Waals surface area contributed by atoms with Crippen molar-refractivity contribution in [1.82, 2.24) is 29.4 Å². The molecule has 15 heteroatoms. The number of carboxylic acid groups (broad SMARTS) is 1. The number of hydrogen-bond donors (Lipinski definition) is 5. The van der Waals surface area contributed by atoms with Gasteiger partial charge in [0.1, 0.15) is 0 Å². The molecule has 0 aromatic rings. The molecule has 0 heterocycles. The van der Waals surface area contributed by atoms with E-state index in [1.54, 1.807) is 0 Å². The van der Waals surface area contributed by atoms with Crippen LogP contribution in [0, 0.1) is 17.8 Å². The van der Waals surface area contributed by atoms with Crippen molar-refractivity contribution in [1.29, 1.82) is 0 Å². The maximum absolute atomic E-state index is 9.76. The van der Waals surface area contributed by atoms with Crippen molar-refractivity contribution in [2.24, 2.45) is 17.8 Å². The standard InChI is InChI=1S/3C6H16N2.2C4H8O2.C4H6O2.3Ag/c3*1-7(2)5-6-8(3)4;3*5-4(6)3-1-2-3;;;/h3*5-6H2,1-4H3;2*3-6H,1-2H2;3H,1-2H2,(H,5,6);;;. The van der Waals surface area contributed by atoms with Gasteiger partial charge in [0.2, 0.25) is 0 Å². The number of hydrogen-bond acceptors (Lipinski definition) is 11. The van der Waals surface area contributed by atoms with Gasteiger partial charge in [0, 0.05) is 118 Å². The summed E-state index contributed by atoms with van der Waals surface area (Å²) in [5.41, 5.74) is 0. The second-order valence-electron chi connectivity index (χ2n) is 12.9. The number of likely N-dealkylation sites (N-methyl/N-ethyl adjacent to an activating group) is 6. The van der Waals surface area contributed by atoms with Crippen LogP contribution in [0.4, 0.5) is 0 Å². The average molecular weight is 935 g/mol.